The zero-order valence-corrected chi connectivity index (χ0v) is 20.0. The molecule has 10 heteroatoms. The number of fused-ring (bicyclic) bond motifs is 1. The Morgan fingerprint density at radius 3 is 2.54 bits per heavy atom. The Balaban J connectivity index is 1.36. The van der Waals surface area contributed by atoms with Gasteiger partial charge >= 0.3 is 0 Å². The second-order valence-electron chi connectivity index (χ2n) is 8.44. The molecule has 180 valence electrons. The van der Waals surface area contributed by atoms with Gasteiger partial charge in [0.25, 0.3) is 5.91 Å². The number of carbonyl (C=O) groups is 1. The maximum Gasteiger partial charge on any atom is 0.274 e. The maximum absolute atomic E-state index is 13.4. The van der Waals surface area contributed by atoms with Crippen molar-refractivity contribution >= 4 is 11.6 Å². The van der Waals surface area contributed by atoms with Crippen LogP contribution in [0.25, 0.3) is 16.9 Å². The number of carbonyl (C=O) groups excluding carboxylic acids is 1. The number of hydrogen-bond acceptors (Lipinski definition) is 8. The predicted octanol–water partition coefficient (Wildman–Crippen LogP) is 2.55. The molecule has 0 unspecified atom stereocenters. The minimum atomic E-state index is -0.101. The van der Waals surface area contributed by atoms with Crippen LogP contribution in [0, 0.1) is 0 Å². The fraction of sp³-hybridized carbons (Fsp3) is 0.320. The van der Waals surface area contributed by atoms with E-state index in [0.717, 1.165) is 23.6 Å². The van der Waals surface area contributed by atoms with Gasteiger partial charge in [-0.3, -0.25) is 9.69 Å². The minimum Gasteiger partial charge on any atom is -0.493 e. The van der Waals surface area contributed by atoms with Gasteiger partial charge in [-0.25, -0.2) is 19.5 Å². The summed E-state index contributed by atoms with van der Waals surface area (Å²) in [7, 11) is 3.20. The van der Waals surface area contributed by atoms with E-state index in [0.29, 0.717) is 42.5 Å². The van der Waals surface area contributed by atoms with Crippen molar-refractivity contribution in [1.82, 2.24) is 34.4 Å². The van der Waals surface area contributed by atoms with E-state index in [4.69, 9.17) is 9.47 Å². The largest absolute Gasteiger partial charge is 0.493 e. The molecule has 0 N–H and O–H groups in total. The van der Waals surface area contributed by atoms with E-state index < -0.39 is 0 Å². The molecule has 1 amide bonds. The molecule has 0 radical (unpaired) electrons. The molecule has 3 aromatic heterocycles. The van der Waals surface area contributed by atoms with Crippen molar-refractivity contribution < 1.29 is 14.3 Å². The summed E-state index contributed by atoms with van der Waals surface area (Å²) in [5.41, 5.74) is 2.66. The van der Waals surface area contributed by atoms with E-state index in [1.54, 1.807) is 43.4 Å². The van der Waals surface area contributed by atoms with Crippen LogP contribution in [-0.2, 0) is 6.54 Å². The Labute approximate surface area is 203 Å². The highest BCUT2D eigenvalue weighted by atomic mass is 16.5. The summed E-state index contributed by atoms with van der Waals surface area (Å²) < 4.78 is 12.5. The van der Waals surface area contributed by atoms with Gasteiger partial charge in [-0.1, -0.05) is 0 Å². The zero-order chi connectivity index (χ0) is 24.4. The molecule has 1 fully saturated rings. The number of benzene rings is 1. The van der Waals surface area contributed by atoms with Crippen LogP contribution in [0.2, 0.25) is 0 Å². The second kappa shape index (κ2) is 9.67. The summed E-state index contributed by atoms with van der Waals surface area (Å²) in [6.45, 7) is 4.74. The minimum absolute atomic E-state index is 0.101. The molecule has 0 bridgehead atoms. The number of ether oxygens (including phenoxy) is 2. The summed E-state index contributed by atoms with van der Waals surface area (Å²) in [6, 6.07) is 11.2. The van der Waals surface area contributed by atoms with E-state index in [1.165, 1.54) is 0 Å². The van der Waals surface area contributed by atoms with Crippen LogP contribution in [-0.4, -0.2) is 80.2 Å². The first-order chi connectivity index (χ1) is 17.1. The van der Waals surface area contributed by atoms with Gasteiger partial charge in [0.2, 0.25) is 0 Å². The lowest BCUT2D eigenvalue weighted by molar-refractivity contribution is 0.0483. The van der Waals surface area contributed by atoms with E-state index in [-0.39, 0.29) is 11.9 Å². The first kappa shape index (κ1) is 22.7. The normalized spacial score (nSPS) is 16.4. The van der Waals surface area contributed by atoms with Gasteiger partial charge in [-0.2, -0.15) is 5.10 Å². The Morgan fingerprint density at radius 2 is 1.80 bits per heavy atom. The number of nitrogens with zero attached hydrogens (tertiary/aromatic N) is 7. The fourth-order valence-corrected chi connectivity index (χ4v) is 4.38. The fourth-order valence-electron chi connectivity index (χ4n) is 4.38. The molecule has 4 aromatic rings. The Morgan fingerprint density at radius 1 is 1.00 bits per heavy atom. The van der Waals surface area contributed by atoms with Gasteiger partial charge in [0.15, 0.2) is 22.8 Å². The predicted molar refractivity (Wildman–Crippen MR) is 129 cm³/mol. The maximum atomic E-state index is 13.4. The van der Waals surface area contributed by atoms with Crippen LogP contribution in [0.3, 0.4) is 0 Å². The van der Waals surface area contributed by atoms with Crippen LogP contribution in [0.15, 0.2) is 55.0 Å². The van der Waals surface area contributed by atoms with Gasteiger partial charge in [0.1, 0.15) is 5.82 Å². The van der Waals surface area contributed by atoms with Crippen LogP contribution in [0.5, 0.6) is 11.5 Å². The lowest BCUT2D eigenvalue weighted by Gasteiger charge is -2.39. The Hall–Kier alpha value is -4.05. The van der Waals surface area contributed by atoms with Crippen LogP contribution in [0.4, 0.5) is 0 Å². The van der Waals surface area contributed by atoms with Gasteiger partial charge in [0.05, 0.1) is 26.5 Å². The van der Waals surface area contributed by atoms with Gasteiger partial charge in [-0.15, -0.1) is 0 Å². The van der Waals surface area contributed by atoms with Crippen LogP contribution in [0.1, 0.15) is 23.2 Å². The third kappa shape index (κ3) is 4.52. The summed E-state index contributed by atoms with van der Waals surface area (Å²) >= 11 is 0. The molecule has 0 spiro atoms. The van der Waals surface area contributed by atoms with Gasteiger partial charge < -0.3 is 14.4 Å². The first-order valence-electron chi connectivity index (χ1n) is 11.4. The summed E-state index contributed by atoms with van der Waals surface area (Å²) in [6.07, 6.45) is 5.21. The molecule has 4 heterocycles. The summed E-state index contributed by atoms with van der Waals surface area (Å²) in [4.78, 5) is 30.6. The van der Waals surface area contributed by atoms with E-state index >= 15 is 0 Å². The van der Waals surface area contributed by atoms with Crippen molar-refractivity contribution in [3.05, 3.63) is 66.5 Å². The average Bonchev–Trinajstić information content (AvgIpc) is 3.34. The van der Waals surface area contributed by atoms with Gasteiger partial charge in [0, 0.05) is 55.9 Å². The highest BCUT2D eigenvalue weighted by Gasteiger charge is 2.29. The quantitative estimate of drug-likeness (QED) is 0.421. The van der Waals surface area contributed by atoms with E-state index in [9.17, 15) is 4.79 Å². The molecular weight excluding hydrogens is 446 g/mol. The number of hydrogen-bond donors (Lipinski definition) is 0. The van der Waals surface area contributed by atoms with Crippen molar-refractivity contribution in [2.24, 2.45) is 0 Å². The Bertz CT molecular complexity index is 1340. The second-order valence-corrected chi connectivity index (χ2v) is 8.44. The lowest BCUT2D eigenvalue weighted by atomic mass is 10.1. The molecule has 1 aliphatic rings. The zero-order valence-electron chi connectivity index (χ0n) is 20.0. The Kier molecular flexibility index (Phi) is 6.28. The third-order valence-corrected chi connectivity index (χ3v) is 6.27. The monoisotopic (exact) mass is 473 g/mol. The van der Waals surface area contributed by atoms with Crippen molar-refractivity contribution in [1.29, 1.82) is 0 Å². The van der Waals surface area contributed by atoms with E-state index in [2.05, 4.69) is 31.9 Å². The molecular formula is C25H27N7O3. The smallest absolute Gasteiger partial charge is 0.274 e. The van der Waals surface area contributed by atoms with Crippen LogP contribution >= 0.6 is 0 Å². The molecule has 1 saturated heterocycles. The first-order valence-corrected chi connectivity index (χ1v) is 11.4. The van der Waals surface area contributed by atoms with Gasteiger partial charge in [-0.05, 0) is 37.3 Å². The number of methoxy groups -OCH3 is 2. The highest BCUT2D eigenvalue weighted by Crippen LogP contribution is 2.32. The molecule has 0 aliphatic carbocycles. The molecule has 5 rings (SSSR count). The molecule has 0 saturated carbocycles. The van der Waals surface area contributed by atoms with Crippen molar-refractivity contribution in [2.45, 2.75) is 19.5 Å². The summed E-state index contributed by atoms with van der Waals surface area (Å²) in [5.74, 6) is 1.95. The van der Waals surface area contributed by atoms with Crippen molar-refractivity contribution in [3.8, 4) is 22.8 Å². The van der Waals surface area contributed by atoms with Crippen molar-refractivity contribution in [2.75, 3.05) is 33.9 Å². The highest BCUT2D eigenvalue weighted by molar-refractivity contribution is 5.93. The summed E-state index contributed by atoms with van der Waals surface area (Å²) in [5, 5.41) is 4.63. The average molecular weight is 474 g/mol. The lowest BCUT2D eigenvalue weighted by Crippen LogP contribution is -2.53. The molecule has 1 aromatic carbocycles. The third-order valence-electron chi connectivity index (χ3n) is 6.27. The topological polar surface area (TPSA) is 98.0 Å². The van der Waals surface area contributed by atoms with E-state index in [1.807, 2.05) is 35.2 Å². The number of aromatic nitrogens is 5. The number of rotatable bonds is 6. The molecule has 10 nitrogen and oxygen atoms in total. The molecule has 1 atom stereocenters. The van der Waals surface area contributed by atoms with Crippen LogP contribution < -0.4 is 9.47 Å². The molecule has 1 aliphatic heterocycles. The molecule has 35 heavy (non-hydrogen) atoms. The standard InChI is InChI=1S/C25H27N7O3/c1-17-15-31(12-11-30(17)16-23-26-8-4-9-27-23)25(33)19-14-24-28-10-7-20(32(24)29-19)18-5-6-21(34-2)22(13-18)35-3/h4-10,13-14,17H,11-12,15-16H2,1-3H3/t17-/m0/s1. The number of amides is 1. The SMILES string of the molecule is COc1ccc(-c2ccnc3cc(C(=O)N4CCN(Cc5ncccn5)[C@@H](C)C4)nn23)cc1OC. The van der Waals surface area contributed by atoms with Crippen molar-refractivity contribution in [3.63, 3.8) is 0 Å². The number of piperazine rings is 1.